The van der Waals surface area contributed by atoms with Crippen LogP contribution in [0.1, 0.15) is 25.5 Å². The summed E-state index contributed by atoms with van der Waals surface area (Å²) in [5.41, 5.74) is 8.86. The molecule has 0 aromatic carbocycles. The van der Waals surface area contributed by atoms with Crippen molar-refractivity contribution in [3.63, 3.8) is 0 Å². The Morgan fingerprint density at radius 3 is 3.07 bits per heavy atom. The Labute approximate surface area is 89.7 Å². The van der Waals surface area contributed by atoms with E-state index >= 15 is 0 Å². The fourth-order valence-corrected chi connectivity index (χ4v) is 1.79. The van der Waals surface area contributed by atoms with Gasteiger partial charge in [0.15, 0.2) is 0 Å². The molecule has 0 aliphatic rings. The first-order chi connectivity index (χ1) is 6.83. The first-order valence-electron chi connectivity index (χ1n) is 5.16. The van der Waals surface area contributed by atoms with Crippen LogP contribution in [0, 0.1) is 0 Å². The summed E-state index contributed by atoms with van der Waals surface area (Å²) in [5, 5.41) is 5.47. The summed E-state index contributed by atoms with van der Waals surface area (Å²) in [7, 11) is 0. The van der Waals surface area contributed by atoms with Crippen molar-refractivity contribution in [3.8, 4) is 0 Å². The van der Waals surface area contributed by atoms with E-state index in [-0.39, 0.29) is 0 Å². The van der Waals surface area contributed by atoms with Gasteiger partial charge in [-0.3, -0.25) is 0 Å². The largest absolute Gasteiger partial charge is 0.328 e. The molecule has 0 bridgehead atoms. The number of nitrogens with zero attached hydrogens (tertiary/aromatic N) is 1. The molecule has 1 aromatic rings. The SMILES string of the molecule is CCC(N)CCNCCc1cscn1. The molecule has 0 amide bonds. The van der Waals surface area contributed by atoms with Crippen LogP contribution in [-0.4, -0.2) is 24.1 Å². The molecule has 80 valence electrons. The summed E-state index contributed by atoms with van der Waals surface area (Å²) in [6.45, 7) is 4.14. The number of rotatable bonds is 7. The quantitative estimate of drug-likeness (QED) is 0.673. The predicted octanol–water partition coefficient (Wildman–Crippen LogP) is 1.40. The minimum atomic E-state index is 0.349. The lowest BCUT2D eigenvalue weighted by atomic mass is 10.2. The summed E-state index contributed by atoms with van der Waals surface area (Å²) in [5.74, 6) is 0. The molecular formula is C10H19N3S. The van der Waals surface area contributed by atoms with Crippen molar-refractivity contribution in [2.45, 2.75) is 32.2 Å². The van der Waals surface area contributed by atoms with Gasteiger partial charge in [-0.15, -0.1) is 11.3 Å². The average Bonchev–Trinajstić information content (AvgIpc) is 2.69. The van der Waals surface area contributed by atoms with Crippen molar-refractivity contribution in [1.29, 1.82) is 0 Å². The molecule has 1 atom stereocenters. The van der Waals surface area contributed by atoms with Gasteiger partial charge in [0.2, 0.25) is 0 Å². The van der Waals surface area contributed by atoms with E-state index in [1.165, 1.54) is 5.69 Å². The van der Waals surface area contributed by atoms with Gasteiger partial charge in [-0.05, 0) is 19.4 Å². The van der Waals surface area contributed by atoms with Crippen LogP contribution >= 0.6 is 11.3 Å². The van der Waals surface area contributed by atoms with Crippen molar-refractivity contribution >= 4 is 11.3 Å². The van der Waals surface area contributed by atoms with E-state index in [9.17, 15) is 0 Å². The Balaban J connectivity index is 1.95. The van der Waals surface area contributed by atoms with Crippen LogP contribution in [0.3, 0.4) is 0 Å². The first-order valence-corrected chi connectivity index (χ1v) is 6.10. The fourth-order valence-electron chi connectivity index (χ4n) is 1.19. The molecule has 0 radical (unpaired) electrons. The third kappa shape index (κ3) is 4.69. The second-order valence-corrected chi connectivity index (χ2v) is 4.16. The molecule has 1 unspecified atom stereocenters. The molecule has 1 heterocycles. The Kier molecular flexibility index (Phi) is 5.75. The van der Waals surface area contributed by atoms with Crippen LogP contribution in [0.5, 0.6) is 0 Å². The molecule has 0 saturated heterocycles. The van der Waals surface area contributed by atoms with Crippen molar-refractivity contribution in [2.24, 2.45) is 5.73 Å². The van der Waals surface area contributed by atoms with E-state index in [0.29, 0.717) is 6.04 Å². The third-order valence-electron chi connectivity index (χ3n) is 2.26. The van der Waals surface area contributed by atoms with Crippen LogP contribution in [0.4, 0.5) is 0 Å². The van der Waals surface area contributed by atoms with E-state index in [1.54, 1.807) is 11.3 Å². The van der Waals surface area contributed by atoms with Crippen molar-refractivity contribution < 1.29 is 0 Å². The average molecular weight is 213 g/mol. The summed E-state index contributed by atoms with van der Waals surface area (Å²) in [4.78, 5) is 4.22. The number of nitrogens with one attached hydrogen (secondary N) is 1. The molecule has 0 spiro atoms. The molecule has 3 nitrogen and oxygen atoms in total. The fraction of sp³-hybridized carbons (Fsp3) is 0.700. The maximum Gasteiger partial charge on any atom is 0.0794 e. The summed E-state index contributed by atoms with van der Waals surface area (Å²) < 4.78 is 0. The summed E-state index contributed by atoms with van der Waals surface area (Å²) >= 11 is 1.65. The second-order valence-electron chi connectivity index (χ2n) is 3.44. The van der Waals surface area contributed by atoms with Crippen molar-refractivity contribution in [3.05, 3.63) is 16.6 Å². The number of aromatic nitrogens is 1. The molecule has 1 aromatic heterocycles. The van der Waals surface area contributed by atoms with E-state index in [4.69, 9.17) is 5.73 Å². The van der Waals surface area contributed by atoms with Gasteiger partial charge in [-0.1, -0.05) is 6.92 Å². The molecule has 4 heteroatoms. The monoisotopic (exact) mass is 213 g/mol. The summed E-state index contributed by atoms with van der Waals surface area (Å²) in [6.07, 6.45) is 3.15. The van der Waals surface area contributed by atoms with E-state index in [1.807, 2.05) is 5.51 Å². The zero-order valence-corrected chi connectivity index (χ0v) is 9.52. The van der Waals surface area contributed by atoms with Crippen molar-refractivity contribution in [1.82, 2.24) is 10.3 Å². The maximum atomic E-state index is 5.80. The lowest BCUT2D eigenvalue weighted by Gasteiger charge is -2.08. The van der Waals surface area contributed by atoms with Gasteiger partial charge in [0.1, 0.15) is 0 Å². The number of hydrogen-bond donors (Lipinski definition) is 2. The highest BCUT2D eigenvalue weighted by Crippen LogP contribution is 2.00. The van der Waals surface area contributed by atoms with Crippen LogP contribution in [0.15, 0.2) is 10.9 Å². The topological polar surface area (TPSA) is 50.9 Å². The number of thiazole rings is 1. The highest BCUT2D eigenvalue weighted by atomic mass is 32.1. The standard InChI is InChI=1S/C10H19N3S/c1-2-9(11)3-5-12-6-4-10-7-14-8-13-10/h7-9,12H,2-6,11H2,1H3. The van der Waals surface area contributed by atoms with Gasteiger partial charge in [-0.2, -0.15) is 0 Å². The zero-order chi connectivity index (χ0) is 10.2. The van der Waals surface area contributed by atoms with Gasteiger partial charge in [0.25, 0.3) is 0 Å². The number of nitrogens with two attached hydrogens (primary N) is 1. The minimum absolute atomic E-state index is 0.349. The van der Waals surface area contributed by atoms with E-state index < -0.39 is 0 Å². The molecule has 0 saturated carbocycles. The second kappa shape index (κ2) is 6.92. The normalized spacial score (nSPS) is 13.0. The van der Waals surface area contributed by atoms with Crippen LogP contribution in [0.25, 0.3) is 0 Å². The van der Waals surface area contributed by atoms with Gasteiger partial charge < -0.3 is 11.1 Å². The lowest BCUT2D eigenvalue weighted by Crippen LogP contribution is -2.27. The molecular weight excluding hydrogens is 194 g/mol. The molecule has 3 N–H and O–H groups in total. The Morgan fingerprint density at radius 2 is 2.43 bits per heavy atom. The highest BCUT2D eigenvalue weighted by Gasteiger charge is 1.98. The van der Waals surface area contributed by atoms with Crippen molar-refractivity contribution in [2.75, 3.05) is 13.1 Å². The van der Waals surface area contributed by atoms with E-state index in [0.717, 1.165) is 32.4 Å². The Bertz CT molecular complexity index is 223. The molecule has 1 rings (SSSR count). The molecule has 14 heavy (non-hydrogen) atoms. The van der Waals surface area contributed by atoms with Crippen LogP contribution < -0.4 is 11.1 Å². The zero-order valence-electron chi connectivity index (χ0n) is 8.70. The number of hydrogen-bond acceptors (Lipinski definition) is 4. The predicted molar refractivity (Wildman–Crippen MR) is 61.6 cm³/mol. The van der Waals surface area contributed by atoms with Gasteiger partial charge in [0.05, 0.1) is 11.2 Å². The third-order valence-corrected chi connectivity index (χ3v) is 2.89. The first kappa shape index (κ1) is 11.6. The molecule has 0 aliphatic heterocycles. The Morgan fingerprint density at radius 1 is 1.57 bits per heavy atom. The Hall–Kier alpha value is -0.450. The lowest BCUT2D eigenvalue weighted by molar-refractivity contribution is 0.550. The molecule has 0 aliphatic carbocycles. The summed E-state index contributed by atoms with van der Waals surface area (Å²) in [6, 6.07) is 0.349. The van der Waals surface area contributed by atoms with Crippen LogP contribution in [0.2, 0.25) is 0 Å². The van der Waals surface area contributed by atoms with Gasteiger partial charge in [0, 0.05) is 24.4 Å². The minimum Gasteiger partial charge on any atom is -0.328 e. The van der Waals surface area contributed by atoms with Gasteiger partial charge in [-0.25, -0.2) is 4.98 Å². The van der Waals surface area contributed by atoms with Gasteiger partial charge >= 0.3 is 0 Å². The highest BCUT2D eigenvalue weighted by molar-refractivity contribution is 7.07. The molecule has 0 fully saturated rings. The smallest absolute Gasteiger partial charge is 0.0794 e. The maximum absolute atomic E-state index is 5.80. The van der Waals surface area contributed by atoms with Crippen LogP contribution in [-0.2, 0) is 6.42 Å². The van der Waals surface area contributed by atoms with E-state index in [2.05, 4.69) is 22.6 Å².